The van der Waals surface area contributed by atoms with Crippen LogP contribution in [0.25, 0.3) is 10.9 Å². The molecule has 2 aromatic heterocycles. The van der Waals surface area contributed by atoms with Crippen molar-refractivity contribution in [1.29, 1.82) is 0 Å². The Morgan fingerprint density at radius 1 is 1.10 bits per heavy atom. The van der Waals surface area contributed by atoms with Crippen molar-refractivity contribution < 1.29 is 32.2 Å². The molecule has 1 amide bonds. The van der Waals surface area contributed by atoms with Crippen LogP contribution >= 0.6 is 0 Å². The summed E-state index contributed by atoms with van der Waals surface area (Å²) in [6, 6.07) is 7.12. The van der Waals surface area contributed by atoms with Crippen molar-refractivity contribution in [2.75, 3.05) is 37.4 Å². The van der Waals surface area contributed by atoms with E-state index in [0.717, 1.165) is 12.3 Å². The van der Waals surface area contributed by atoms with Crippen LogP contribution in [0.15, 0.2) is 55.0 Å². The van der Waals surface area contributed by atoms with E-state index in [4.69, 9.17) is 9.47 Å². The number of fused-ring (bicyclic) bond motifs is 1. The Kier molecular flexibility index (Phi) is 10.6. The summed E-state index contributed by atoms with van der Waals surface area (Å²) in [7, 11) is 1.46. The highest BCUT2D eigenvalue weighted by atomic mass is 19.1. The molecular weight excluding hydrogens is 627 g/mol. The number of aromatic nitrogens is 4. The molecule has 0 bridgehead atoms. The van der Waals surface area contributed by atoms with Crippen LogP contribution in [-0.4, -0.2) is 69.3 Å². The van der Waals surface area contributed by atoms with Crippen LogP contribution in [-0.2, 0) is 16.1 Å². The average molecular weight is 666 g/mol. The summed E-state index contributed by atoms with van der Waals surface area (Å²) < 4.78 is 55.3. The quantitative estimate of drug-likeness (QED) is 0.152. The van der Waals surface area contributed by atoms with Crippen molar-refractivity contribution in [1.82, 2.24) is 24.6 Å². The monoisotopic (exact) mass is 665 g/mol. The molecule has 3 heterocycles. The molecule has 14 heteroatoms. The van der Waals surface area contributed by atoms with Crippen LogP contribution in [0.5, 0.6) is 17.4 Å². The summed E-state index contributed by atoms with van der Waals surface area (Å²) in [4.78, 5) is 35.4. The van der Waals surface area contributed by atoms with Gasteiger partial charge in [-0.15, -0.1) is 5.10 Å². The van der Waals surface area contributed by atoms with Crippen molar-refractivity contribution >= 4 is 39.8 Å². The Hall–Kier alpha value is -4.98. The average Bonchev–Trinajstić information content (AvgIpc) is 3.60. The summed E-state index contributed by atoms with van der Waals surface area (Å²) in [6.07, 6.45) is 6.09. The Bertz CT molecular complexity index is 1820. The van der Waals surface area contributed by atoms with Crippen molar-refractivity contribution in [2.45, 2.75) is 52.8 Å². The van der Waals surface area contributed by atoms with Gasteiger partial charge in [-0.25, -0.2) is 18.7 Å². The minimum atomic E-state index is -0.841. The fourth-order valence-corrected chi connectivity index (χ4v) is 5.09. The molecule has 0 radical (unpaired) electrons. The number of carbonyl (C=O) groups is 2. The van der Waals surface area contributed by atoms with Gasteiger partial charge < -0.3 is 20.1 Å². The SMILES string of the molecule is COc1cc2ncnc(Nc3ccc(Oc4nn(CC(=O)CCC(C)(C)C)cc4F)cc3F)c2cc1NC(=O)/C=C/CN1CCC(F)C1. The summed E-state index contributed by atoms with van der Waals surface area (Å²) in [6.45, 7) is 7.45. The van der Waals surface area contributed by atoms with Crippen LogP contribution in [0, 0.1) is 17.0 Å². The van der Waals surface area contributed by atoms with Crippen LogP contribution < -0.4 is 20.1 Å². The van der Waals surface area contributed by atoms with Gasteiger partial charge in [-0.05, 0) is 36.5 Å². The van der Waals surface area contributed by atoms with Gasteiger partial charge >= 0.3 is 0 Å². The van der Waals surface area contributed by atoms with Crippen molar-refractivity contribution in [3.05, 3.63) is 66.6 Å². The van der Waals surface area contributed by atoms with Gasteiger partial charge in [-0.3, -0.25) is 19.2 Å². The number of likely N-dealkylation sites (tertiary alicyclic amines) is 1. The molecule has 48 heavy (non-hydrogen) atoms. The molecule has 1 aliphatic heterocycles. The van der Waals surface area contributed by atoms with Crippen molar-refractivity contribution in [3.8, 4) is 17.4 Å². The molecule has 1 atom stereocenters. The van der Waals surface area contributed by atoms with Crippen LogP contribution in [0.3, 0.4) is 0 Å². The Labute approximate surface area is 276 Å². The van der Waals surface area contributed by atoms with Gasteiger partial charge in [0.15, 0.2) is 5.78 Å². The molecular formula is C34H38F3N7O4. The van der Waals surface area contributed by atoms with E-state index in [2.05, 4.69) is 25.7 Å². The molecule has 0 aliphatic carbocycles. The van der Waals surface area contributed by atoms with Crippen LogP contribution in [0.1, 0.15) is 40.0 Å². The van der Waals surface area contributed by atoms with E-state index >= 15 is 4.39 Å². The summed E-state index contributed by atoms with van der Waals surface area (Å²) in [5.74, 6) is -1.81. The number of hydrogen-bond acceptors (Lipinski definition) is 9. The smallest absolute Gasteiger partial charge is 0.274 e. The fraction of sp³-hybridized carbons (Fsp3) is 0.382. The highest BCUT2D eigenvalue weighted by Crippen LogP contribution is 2.34. The van der Waals surface area contributed by atoms with E-state index in [1.54, 1.807) is 18.2 Å². The first kappa shape index (κ1) is 34.4. The zero-order valence-electron chi connectivity index (χ0n) is 27.2. The third-order valence-electron chi connectivity index (χ3n) is 7.65. The number of rotatable bonds is 13. The molecule has 5 rings (SSSR count). The lowest BCUT2D eigenvalue weighted by atomic mass is 9.89. The minimum absolute atomic E-state index is 0.00580. The number of alkyl halides is 1. The van der Waals surface area contributed by atoms with Gasteiger partial charge in [0.2, 0.25) is 11.7 Å². The number of Topliss-reactive ketones (excluding diaryl/α,β-unsaturated/α-hetero) is 1. The number of ketones is 1. The van der Waals surface area contributed by atoms with Crippen molar-refractivity contribution in [3.63, 3.8) is 0 Å². The number of halogens is 3. The second-order valence-electron chi connectivity index (χ2n) is 12.8. The Morgan fingerprint density at radius 2 is 1.92 bits per heavy atom. The fourth-order valence-electron chi connectivity index (χ4n) is 5.09. The topological polar surface area (TPSA) is 123 Å². The summed E-state index contributed by atoms with van der Waals surface area (Å²) in [5.41, 5.74) is 0.841. The molecule has 1 saturated heterocycles. The first-order valence-corrected chi connectivity index (χ1v) is 15.5. The third-order valence-corrected chi connectivity index (χ3v) is 7.65. The number of anilines is 3. The number of methoxy groups -OCH3 is 1. The van der Waals surface area contributed by atoms with E-state index < -0.39 is 23.7 Å². The van der Waals surface area contributed by atoms with Gasteiger partial charge in [-0.2, -0.15) is 4.39 Å². The van der Waals surface area contributed by atoms with Gasteiger partial charge in [0.05, 0.1) is 36.7 Å². The molecule has 0 saturated carbocycles. The first-order valence-electron chi connectivity index (χ1n) is 15.5. The van der Waals surface area contributed by atoms with E-state index in [0.29, 0.717) is 61.2 Å². The molecule has 2 N–H and O–H groups in total. The summed E-state index contributed by atoms with van der Waals surface area (Å²) in [5, 5.41) is 10.2. The van der Waals surface area contributed by atoms with Crippen LogP contribution in [0.2, 0.25) is 0 Å². The van der Waals surface area contributed by atoms with Gasteiger partial charge in [0.25, 0.3) is 5.88 Å². The minimum Gasteiger partial charge on any atom is -0.494 e. The second kappa shape index (κ2) is 14.8. The number of amides is 1. The first-order chi connectivity index (χ1) is 22.9. The predicted octanol–water partition coefficient (Wildman–Crippen LogP) is 6.58. The number of benzene rings is 2. The standard InChI is InChI=1S/C34H38F3N7O4/c1-34(2,3)11-9-22(45)18-44-19-26(37)33(42-44)48-23-7-8-27(25(36)14-23)41-32-24-15-29(30(47-4)16-28(24)38-20-39-32)40-31(46)6-5-12-43-13-10-21(35)17-43/h5-8,14-16,19-21H,9-13,17-18H2,1-4H3,(H,40,46)(H,38,39,41)/b6-5+. The van der Waals surface area contributed by atoms with E-state index in [9.17, 15) is 18.4 Å². The van der Waals surface area contributed by atoms with E-state index in [1.165, 1.54) is 36.3 Å². The third kappa shape index (κ3) is 9.09. The molecule has 2 aromatic carbocycles. The maximum absolute atomic E-state index is 15.3. The van der Waals surface area contributed by atoms with E-state index in [1.807, 2.05) is 25.7 Å². The Morgan fingerprint density at radius 3 is 2.62 bits per heavy atom. The molecule has 4 aromatic rings. The number of carbonyl (C=O) groups excluding carboxylic acids is 2. The van der Waals surface area contributed by atoms with Gasteiger partial charge in [0.1, 0.15) is 35.6 Å². The molecule has 1 aliphatic rings. The largest absolute Gasteiger partial charge is 0.494 e. The van der Waals surface area contributed by atoms with Gasteiger partial charge in [-0.1, -0.05) is 26.8 Å². The Balaban J connectivity index is 1.27. The lowest BCUT2D eigenvalue weighted by molar-refractivity contribution is -0.120. The highest BCUT2D eigenvalue weighted by molar-refractivity contribution is 6.03. The molecule has 254 valence electrons. The maximum atomic E-state index is 15.3. The predicted molar refractivity (Wildman–Crippen MR) is 175 cm³/mol. The second-order valence-corrected chi connectivity index (χ2v) is 12.8. The maximum Gasteiger partial charge on any atom is 0.274 e. The van der Waals surface area contributed by atoms with Crippen molar-refractivity contribution in [2.24, 2.45) is 5.41 Å². The lowest BCUT2D eigenvalue weighted by Crippen LogP contribution is -2.21. The summed E-state index contributed by atoms with van der Waals surface area (Å²) >= 11 is 0. The number of nitrogens with one attached hydrogen (secondary N) is 2. The molecule has 1 unspecified atom stereocenters. The zero-order chi connectivity index (χ0) is 34.4. The zero-order valence-corrected chi connectivity index (χ0v) is 27.2. The number of nitrogens with zero attached hydrogens (tertiary/aromatic N) is 5. The van der Waals surface area contributed by atoms with Crippen LogP contribution in [0.4, 0.5) is 30.4 Å². The normalized spacial score (nSPS) is 15.3. The lowest BCUT2D eigenvalue weighted by Gasteiger charge is -2.16. The van der Waals surface area contributed by atoms with E-state index in [-0.39, 0.29) is 40.9 Å². The molecule has 11 nitrogen and oxygen atoms in total. The highest BCUT2D eigenvalue weighted by Gasteiger charge is 2.21. The number of hydrogen-bond donors (Lipinski definition) is 2. The van der Waals surface area contributed by atoms with Gasteiger partial charge in [0, 0.05) is 49.7 Å². The molecule has 0 spiro atoms. The number of ether oxygens (including phenoxy) is 2. The molecule has 1 fully saturated rings.